The third-order valence-corrected chi connectivity index (χ3v) is 2.60. The minimum absolute atomic E-state index is 0.103. The molecule has 0 saturated heterocycles. The number of alkyl halides is 3. The number of hydrogen-bond acceptors (Lipinski definition) is 3. The first-order valence-electron chi connectivity index (χ1n) is 5.21. The molecule has 2 rings (SSSR count). The van der Waals surface area contributed by atoms with Gasteiger partial charge in [-0.05, 0) is 25.3 Å². The van der Waals surface area contributed by atoms with Gasteiger partial charge >= 0.3 is 6.18 Å². The molecular formula is C11H10F3NO2. The first-order valence-corrected chi connectivity index (χ1v) is 5.21. The van der Waals surface area contributed by atoms with Gasteiger partial charge in [-0.25, -0.2) is 4.98 Å². The van der Waals surface area contributed by atoms with Crippen molar-refractivity contribution in [2.24, 2.45) is 0 Å². The molecule has 1 aliphatic carbocycles. The number of Topliss-reactive ketones (excluding diaryl/α,β-unsaturated/α-hetero) is 1. The molecule has 1 aromatic heterocycles. The average molecular weight is 245 g/mol. The highest BCUT2D eigenvalue weighted by atomic mass is 19.4. The Morgan fingerprint density at radius 3 is 2.47 bits per heavy atom. The van der Waals surface area contributed by atoms with Crippen molar-refractivity contribution in [1.29, 1.82) is 0 Å². The Morgan fingerprint density at radius 1 is 1.35 bits per heavy atom. The van der Waals surface area contributed by atoms with Crippen LogP contribution >= 0.6 is 0 Å². The van der Waals surface area contributed by atoms with E-state index in [1.165, 1.54) is 6.07 Å². The monoisotopic (exact) mass is 245 g/mol. The molecule has 0 unspecified atom stereocenters. The number of rotatable bonds is 3. The molecule has 1 saturated carbocycles. The van der Waals surface area contributed by atoms with Gasteiger partial charge in [-0.3, -0.25) is 4.79 Å². The number of aromatic nitrogens is 1. The topological polar surface area (TPSA) is 39.2 Å². The third kappa shape index (κ3) is 2.75. The summed E-state index contributed by atoms with van der Waals surface area (Å²) < 4.78 is 41.7. The van der Waals surface area contributed by atoms with Gasteiger partial charge < -0.3 is 4.74 Å². The molecule has 0 bridgehead atoms. The van der Waals surface area contributed by atoms with E-state index in [1.54, 1.807) is 0 Å². The van der Waals surface area contributed by atoms with Crippen LogP contribution in [0.2, 0.25) is 0 Å². The molecule has 0 radical (unpaired) electrons. The van der Waals surface area contributed by atoms with Gasteiger partial charge in [0.15, 0.2) is 0 Å². The van der Waals surface area contributed by atoms with Gasteiger partial charge in [0, 0.05) is 17.8 Å². The third-order valence-electron chi connectivity index (χ3n) is 2.60. The Morgan fingerprint density at radius 2 is 2.06 bits per heavy atom. The van der Waals surface area contributed by atoms with Crippen LogP contribution in [0.15, 0.2) is 18.3 Å². The van der Waals surface area contributed by atoms with Crippen molar-refractivity contribution in [1.82, 2.24) is 4.98 Å². The molecule has 0 amide bonds. The van der Waals surface area contributed by atoms with Crippen LogP contribution in [0.4, 0.5) is 13.2 Å². The van der Waals surface area contributed by atoms with E-state index in [2.05, 4.69) is 4.98 Å². The molecule has 0 aromatic carbocycles. The van der Waals surface area contributed by atoms with Gasteiger partial charge in [0.1, 0.15) is 6.10 Å². The molecule has 1 heterocycles. The summed E-state index contributed by atoms with van der Waals surface area (Å²) in [6, 6.07) is 2.37. The normalized spacial score (nSPS) is 16.4. The summed E-state index contributed by atoms with van der Waals surface area (Å²) in [6.45, 7) is 0. The van der Waals surface area contributed by atoms with Gasteiger partial charge in [-0.15, -0.1) is 0 Å². The van der Waals surface area contributed by atoms with Crippen LogP contribution in [0.5, 0.6) is 5.88 Å². The lowest BCUT2D eigenvalue weighted by Gasteiger charge is -2.25. The number of carbonyl (C=O) groups excluding carboxylic acids is 1. The number of halogens is 3. The zero-order valence-electron chi connectivity index (χ0n) is 8.83. The maximum absolute atomic E-state index is 12.1. The summed E-state index contributed by atoms with van der Waals surface area (Å²) in [4.78, 5) is 14.6. The fourth-order valence-corrected chi connectivity index (χ4v) is 1.41. The molecule has 1 fully saturated rings. The van der Waals surface area contributed by atoms with Gasteiger partial charge in [0.2, 0.25) is 5.88 Å². The Kier molecular flexibility index (Phi) is 3.04. The molecule has 3 nitrogen and oxygen atoms in total. The van der Waals surface area contributed by atoms with Crippen LogP contribution < -0.4 is 4.74 Å². The van der Waals surface area contributed by atoms with Crippen LogP contribution in [-0.4, -0.2) is 23.0 Å². The Bertz CT molecular complexity index is 410. The van der Waals surface area contributed by atoms with Crippen LogP contribution in [0.3, 0.4) is 0 Å². The number of ether oxygens (including phenoxy) is 1. The molecule has 6 heteroatoms. The fraction of sp³-hybridized carbons (Fsp3) is 0.455. The van der Waals surface area contributed by atoms with Crippen LogP contribution in [0.25, 0.3) is 0 Å². The number of carbonyl (C=O) groups is 1. The average Bonchev–Trinajstić information content (AvgIpc) is 2.22. The second-order valence-corrected chi connectivity index (χ2v) is 3.88. The SMILES string of the molecule is O=C(c1ccc(OC2CCC2)nc1)C(F)(F)F. The van der Waals surface area contributed by atoms with Gasteiger partial charge in [-0.2, -0.15) is 13.2 Å². The van der Waals surface area contributed by atoms with Gasteiger partial charge in [0.05, 0.1) is 0 Å². The first-order chi connectivity index (χ1) is 7.97. The van der Waals surface area contributed by atoms with Crippen molar-refractivity contribution >= 4 is 5.78 Å². The lowest BCUT2D eigenvalue weighted by Crippen LogP contribution is -2.25. The van der Waals surface area contributed by atoms with E-state index in [-0.39, 0.29) is 12.0 Å². The van der Waals surface area contributed by atoms with E-state index in [4.69, 9.17) is 4.74 Å². The predicted octanol–water partition coefficient (Wildman–Crippen LogP) is 2.76. The van der Waals surface area contributed by atoms with E-state index >= 15 is 0 Å². The lowest BCUT2D eigenvalue weighted by molar-refractivity contribution is -0.0885. The fourth-order valence-electron chi connectivity index (χ4n) is 1.41. The minimum atomic E-state index is -4.86. The van der Waals surface area contributed by atoms with Crippen LogP contribution in [0, 0.1) is 0 Å². The second kappa shape index (κ2) is 4.35. The minimum Gasteiger partial charge on any atom is -0.474 e. The highest BCUT2D eigenvalue weighted by Gasteiger charge is 2.39. The van der Waals surface area contributed by atoms with Crippen molar-refractivity contribution in [2.75, 3.05) is 0 Å². The quantitative estimate of drug-likeness (QED) is 0.768. The van der Waals surface area contributed by atoms with Crippen molar-refractivity contribution in [3.63, 3.8) is 0 Å². The van der Waals surface area contributed by atoms with Crippen molar-refractivity contribution in [2.45, 2.75) is 31.5 Å². The van der Waals surface area contributed by atoms with E-state index in [0.717, 1.165) is 31.5 Å². The molecule has 0 aliphatic heterocycles. The molecule has 0 N–H and O–H groups in total. The number of pyridine rings is 1. The molecular weight excluding hydrogens is 235 g/mol. The molecule has 1 aliphatic rings. The zero-order chi connectivity index (χ0) is 12.5. The summed E-state index contributed by atoms with van der Waals surface area (Å²) in [5.41, 5.74) is -0.474. The number of hydrogen-bond donors (Lipinski definition) is 0. The lowest BCUT2D eigenvalue weighted by atomic mass is 9.96. The number of ketones is 1. The van der Waals surface area contributed by atoms with E-state index in [0.29, 0.717) is 0 Å². The summed E-state index contributed by atoms with van der Waals surface area (Å²) in [5, 5.41) is 0. The molecule has 17 heavy (non-hydrogen) atoms. The molecule has 1 aromatic rings. The highest BCUT2D eigenvalue weighted by Crippen LogP contribution is 2.25. The van der Waals surface area contributed by atoms with E-state index in [9.17, 15) is 18.0 Å². The predicted molar refractivity (Wildman–Crippen MR) is 52.9 cm³/mol. The smallest absolute Gasteiger partial charge is 0.454 e. The maximum atomic E-state index is 12.1. The van der Waals surface area contributed by atoms with Crippen LogP contribution in [-0.2, 0) is 0 Å². The Balaban J connectivity index is 2.04. The van der Waals surface area contributed by atoms with Crippen molar-refractivity contribution < 1.29 is 22.7 Å². The summed E-state index contributed by atoms with van der Waals surface area (Å²) in [6.07, 6.45) is -0.904. The van der Waals surface area contributed by atoms with E-state index in [1.807, 2.05) is 0 Å². The molecule has 0 atom stereocenters. The van der Waals surface area contributed by atoms with Gasteiger partial charge in [0.25, 0.3) is 5.78 Å². The first kappa shape index (κ1) is 11.9. The largest absolute Gasteiger partial charge is 0.474 e. The standard InChI is InChI=1S/C11H10F3NO2/c12-11(13,14)10(16)7-4-5-9(15-6-7)17-8-2-1-3-8/h4-6,8H,1-3H2. The highest BCUT2D eigenvalue weighted by molar-refractivity contribution is 5.99. The summed E-state index contributed by atoms with van der Waals surface area (Å²) in [5.74, 6) is -1.63. The molecule has 0 spiro atoms. The van der Waals surface area contributed by atoms with Gasteiger partial charge in [-0.1, -0.05) is 0 Å². The number of nitrogens with zero attached hydrogens (tertiary/aromatic N) is 1. The van der Waals surface area contributed by atoms with E-state index < -0.39 is 17.5 Å². The van der Waals surface area contributed by atoms with Crippen molar-refractivity contribution in [3.05, 3.63) is 23.9 Å². The van der Waals surface area contributed by atoms with Crippen molar-refractivity contribution in [3.8, 4) is 5.88 Å². The Hall–Kier alpha value is -1.59. The Labute approximate surface area is 95.6 Å². The second-order valence-electron chi connectivity index (χ2n) is 3.88. The maximum Gasteiger partial charge on any atom is 0.454 e. The zero-order valence-corrected chi connectivity index (χ0v) is 8.83. The summed E-state index contributed by atoms with van der Waals surface area (Å²) in [7, 11) is 0. The summed E-state index contributed by atoms with van der Waals surface area (Å²) >= 11 is 0. The molecule has 92 valence electrons. The van der Waals surface area contributed by atoms with Crippen LogP contribution in [0.1, 0.15) is 29.6 Å².